The van der Waals surface area contributed by atoms with Gasteiger partial charge < -0.3 is 0 Å². The molecule has 1 N–H and O–H groups in total. The van der Waals surface area contributed by atoms with E-state index < -0.39 is 0 Å². The summed E-state index contributed by atoms with van der Waals surface area (Å²) in [5.41, 5.74) is 0.984. The van der Waals surface area contributed by atoms with Crippen LogP contribution in [0.5, 0.6) is 0 Å². The van der Waals surface area contributed by atoms with Crippen LogP contribution in [0.1, 0.15) is 10.5 Å². The number of thiazole rings is 1. The van der Waals surface area contributed by atoms with Crippen LogP contribution in [0.3, 0.4) is 0 Å². The molecule has 3 heterocycles. The highest BCUT2D eigenvalue weighted by molar-refractivity contribution is 7.22. The first-order valence-electron chi connectivity index (χ1n) is 6.88. The first-order chi connectivity index (χ1) is 11.7. The summed E-state index contributed by atoms with van der Waals surface area (Å²) in [7, 11) is 0. The molecule has 0 aliphatic heterocycles. The van der Waals surface area contributed by atoms with Crippen LogP contribution < -0.4 is 5.32 Å². The first kappa shape index (κ1) is 14.7. The molecule has 0 aliphatic carbocycles. The van der Waals surface area contributed by atoms with Crippen molar-refractivity contribution in [1.29, 1.82) is 0 Å². The quantitative estimate of drug-likeness (QED) is 0.609. The molecule has 0 saturated heterocycles. The lowest BCUT2D eigenvalue weighted by Crippen LogP contribution is -2.14. The maximum atomic E-state index is 12.3. The van der Waals surface area contributed by atoms with Gasteiger partial charge in [-0.25, -0.2) is 9.97 Å². The molecule has 0 bridgehead atoms. The highest BCUT2D eigenvalue weighted by Crippen LogP contribution is 2.28. The average molecular weight is 357 g/mol. The summed E-state index contributed by atoms with van der Waals surface area (Å²) in [4.78, 5) is 20.5. The highest BCUT2D eigenvalue weighted by Gasteiger charge is 2.12. The van der Waals surface area contributed by atoms with Crippen LogP contribution in [0.2, 0.25) is 5.02 Å². The van der Waals surface area contributed by atoms with Crippen molar-refractivity contribution in [2.24, 2.45) is 0 Å². The predicted molar refractivity (Wildman–Crippen MR) is 91.7 cm³/mol. The second-order valence-corrected chi connectivity index (χ2v) is 6.30. The number of halogens is 1. The van der Waals surface area contributed by atoms with Gasteiger partial charge in [0, 0.05) is 17.4 Å². The Kier molecular flexibility index (Phi) is 3.68. The topological polar surface area (TPSA) is 85.6 Å². The van der Waals surface area contributed by atoms with Gasteiger partial charge in [0.25, 0.3) is 5.91 Å². The first-order valence-corrected chi connectivity index (χ1v) is 8.08. The normalized spacial score (nSPS) is 10.9. The molecular weight excluding hydrogens is 348 g/mol. The molecule has 9 heteroatoms. The smallest absolute Gasteiger partial charge is 0.277 e. The van der Waals surface area contributed by atoms with Gasteiger partial charge in [-0.1, -0.05) is 22.9 Å². The van der Waals surface area contributed by atoms with Gasteiger partial charge in [-0.15, -0.1) is 10.2 Å². The zero-order chi connectivity index (χ0) is 16.5. The van der Waals surface area contributed by atoms with Gasteiger partial charge in [-0.2, -0.15) is 0 Å². The fourth-order valence-electron chi connectivity index (χ4n) is 2.09. The molecule has 0 saturated carbocycles. The van der Waals surface area contributed by atoms with Crippen molar-refractivity contribution in [3.8, 4) is 5.82 Å². The number of nitrogens with zero attached hydrogens (tertiary/aromatic N) is 5. The lowest BCUT2D eigenvalue weighted by atomic mass is 10.3. The Hall–Kier alpha value is -2.84. The van der Waals surface area contributed by atoms with Crippen LogP contribution in [0.25, 0.3) is 16.0 Å². The number of fused-ring (bicyclic) bond motifs is 1. The van der Waals surface area contributed by atoms with E-state index in [9.17, 15) is 4.79 Å². The van der Waals surface area contributed by atoms with Gasteiger partial charge >= 0.3 is 0 Å². The second kappa shape index (κ2) is 5.99. The van der Waals surface area contributed by atoms with Crippen molar-refractivity contribution < 1.29 is 4.79 Å². The molecule has 0 spiro atoms. The van der Waals surface area contributed by atoms with E-state index in [1.807, 2.05) is 12.1 Å². The van der Waals surface area contributed by atoms with Gasteiger partial charge in [-0.3, -0.25) is 14.7 Å². The summed E-state index contributed by atoms with van der Waals surface area (Å²) in [6, 6.07) is 8.67. The minimum atomic E-state index is -0.371. The molecular formula is C15H9ClN6OS. The maximum absolute atomic E-state index is 12.3. The summed E-state index contributed by atoms with van der Waals surface area (Å²) in [5.74, 6) is 0.212. The van der Waals surface area contributed by atoms with E-state index in [1.54, 1.807) is 41.5 Å². The van der Waals surface area contributed by atoms with Crippen LogP contribution in [0.4, 0.5) is 5.13 Å². The number of carbonyl (C=O) groups excluding carboxylic acids is 1. The van der Waals surface area contributed by atoms with E-state index in [-0.39, 0.29) is 11.6 Å². The van der Waals surface area contributed by atoms with Crippen molar-refractivity contribution in [2.45, 2.75) is 0 Å². The summed E-state index contributed by atoms with van der Waals surface area (Å²) >= 11 is 7.30. The summed E-state index contributed by atoms with van der Waals surface area (Å²) in [6.45, 7) is 0. The Morgan fingerprint density at radius 3 is 2.88 bits per heavy atom. The van der Waals surface area contributed by atoms with E-state index in [4.69, 9.17) is 11.6 Å². The monoisotopic (exact) mass is 356 g/mol. The van der Waals surface area contributed by atoms with Crippen LogP contribution >= 0.6 is 22.9 Å². The largest absolute Gasteiger partial charge is 0.296 e. The maximum Gasteiger partial charge on any atom is 0.277 e. The number of amides is 1. The van der Waals surface area contributed by atoms with Crippen molar-refractivity contribution in [2.75, 3.05) is 5.32 Å². The molecule has 4 rings (SSSR count). The van der Waals surface area contributed by atoms with E-state index in [0.717, 1.165) is 10.2 Å². The molecule has 3 aromatic heterocycles. The molecule has 1 amide bonds. The Bertz CT molecular complexity index is 1010. The lowest BCUT2D eigenvalue weighted by molar-refractivity contribution is 0.102. The molecule has 118 valence electrons. The molecule has 4 aromatic rings. The zero-order valence-corrected chi connectivity index (χ0v) is 13.6. The van der Waals surface area contributed by atoms with E-state index in [2.05, 4.69) is 25.5 Å². The van der Waals surface area contributed by atoms with Crippen molar-refractivity contribution in [3.63, 3.8) is 0 Å². The van der Waals surface area contributed by atoms with Gasteiger partial charge in [-0.05, 0) is 30.3 Å². The molecule has 0 radical (unpaired) electrons. The molecule has 0 atom stereocenters. The van der Waals surface area contributed by atoms with E-state index in [0.29, 0.717) is 16.0 Å². The molecule has 24 heavy (non-hydrogen) atoms. The Morgan fingerprint density at radius 2 is 2.12 bits per heavy atom. The summed E-state index contributed by atoms with van der Waals surface area (Å²) < 4.78 is 2.60. The minimum Gasteiger partial charge on any atom is -0.296 e. The predicted octanol–water partition coefficient (Wildman–Crippen LogP) is 3.18. The van der Waals surface area contributed by atoms with Crippen LogP contribution in [-0.2, 0) is 0 Å². The number of nitrogens with one attached hydrogen (secondary N) is 1. The number of aromatic nitrogens is 5. The molecule has 7 nitrogen and oxygen atoms in total. The van der Waals surface area contributed by atoms with Crippen LogP contribution in [0, 0.1) is 0 Å². The SMILES string of the molecule is O=C(Nc1nc2ccc(Cl)cc2s1)c1ccc(-n2ccnc2)nn1. The number of carbonyl (C=O) groups is 1. The molecule has 0 fully saturated rings. The van der Waals surface area contributed by atoms with E-state index >= 15 is 0 Å². The van der Waals surface area contributed by atoms with E-state index in [1.165, 1.54) is 11.3 Å². The van der Waals surface area contributed by atoms with Crippen molar-refractivity contribution in [3.05, 3.63) is 59.8 Å². The number of benzene rings is 1. The molecule has 0 aliphatic rings. The highest BCUT2D eigenvalue weighted by atomic mass is 35.5. The molecule has 1 aromatic carbocycles. The average Bonchev–Trinajstić information content (AvgIpc) is 3.23. The van der Waals surface area contributed by atoms with Gasteiger partial charge in [0.05, 0.1) is 10.2 Å². The van der Waals surface area contributed by atoms with Gasteiger partial charge in [0.15, 0.2) is 16.6 Å². The Balaban J connectivity index is 1.54. The number of anilines is 1. The number of hydrogen-bond acceptors (Lipinski definition) is 6. The third kappa shape index (κ3) is 2.84. The summed E-state index contributed by atoms with van der Waals surface area (Å²) in [5, 5.41) is 11.8. The Labute approximate surface area is 145 Å². The third-order valence-electron chi connectivity index (χ3n) is 3.22. The lowest BCUT2D eigenvalue weighted by Gasteiger charge is -2.02. The third-order valence-corrected chi connectivity index (χ3v) is 4.39. The Morgan fingerprint density at radius 1 is 1.21 bits per heavy atom. The molecule has 0 unspecified atom stereocenters. The number of hydrogen-bond donors (Lipinski definition) is 1. The fourth-order valence-corrected chi connectivity index (χ4v) is 3.23. The number of imidazole rings is 1. The minimum absolute atomic E-state index is 0.205. The summed E-state index contributed by atoms with van der Waals surface area (Å²) in [6.07, 6.45) is 4.99. The van der Waals surface area contributed by atoms with Crippen LogP contribution in [-0.4, -0.2) is 30.6 Å². The zero-order valence-electron chi connectivity index (χ0n) is 12.0. The van der Waals surface area contributed by atoms with Crippen molar-refractivity contribution in [1.82, 2.24) is 24.7 Å². The standard InChI is InChI=1S/C15H9ClN6OS/c16-9-1-2-10-12(7-9)24-15(18-10)19-14(23)11-3-4-13(21-20-11)22-6-5-17-8-22/h1-8H,(H,18,19,23). The van der Waals surface area contributed by atoms with Gasteiger partial charge in [0.1, 0.15) is 6.33 Å². The number of rotatable bonds is 3. The fraction of sp³-hybridized carbons (Fsp3) is 0. The van der Waals surface area contributed by atoms with Crippen molar-refractivity contribution >= 4 is 44.2 Å². The van der Waals surface area contributed by atoms with Gasteiger partial charge in [0.2, 0.25) is 0 Å². The van der Waals surface area contributed by atoms with Crippen LogP contribution in [0.15, 0.2) is 49.1 Å². The second-order valence-electron chi connectivity index (χ2n) is 4.83.